The highest BCUT2D eigenvalue weighted by atomic mass is 19.3. The minimum Gasteiger partial charge on any atom is -0.448 e. The average Bonchev–Trinajstić information content (AvgIpc) is 1.99. The number of esters is 1. The van der Waals surface area contributed by atoms with E-state index in [0.717, 1.165) is 13.8 Å². The van der Waals surface area contributed by atoms with Gasteiger partial charge < -0.3 is 4.74 Å². The molecule has 0 rings (SSSR count). The molecule has 0 saturated carbocycles. The van der Waals surface area contributed by atoms with E-state index in [-0.39, 0.29) is 0 Å². The quantitative estimate of drug-likeness (QED) is 0.606. The zero-order valence-corrected chi connectivity index (χ0v) is 10.1. The summed E-state index contributed by atoms with van der Waals surface area (Å²) in [6.07, 6.45) is 0. The molecule has 0 aliphatic heterocycles. The summed E-state index contributed by atoms with van der Waals surface area (Å²) in [5.41, 5.74) is 2.33. The smallest absolute Gasteiger partial charge is 0.309 e. The lowest BCUT2D eigenvalue weighted by Gasteiger charge is -2.41. The Labute approximate surface area is 93.1 Å². The summed E-state index contributed by atoms with van der Waals surface area (Å²) in [4.78, 5) is 11.3. The number of carbonyl (C=O) groups excluding carboxylic acids is 1. The van der Waals surface area contributed by atoms with Crippen molar-refractivity contribution in [1.29, 1.82) is 0 Å². The molecule has 0 radical (unpaired) electrons. The van der Waals surface area contributed by atoms with Gasteiger partial charge in [0.1, 0.15) is 0 Å². The molecule has 0 amide bonds. The summed E-state index contributed by atoms with van der Waals surface area (Å²) in [7, 11) is 0. The number of halogens is 3. The van der Waals surface area contributed by atoms with Gasteiger partial charge in [0, 0.05) is 6.92 Å². The molecule has 16 heavy (non-hydrogen) atoms. The molecule has 0 heterocycles. The van der Waals surface area contributed by atoms with Crippen molar-refractivity contribution in [1.82, 2.24) is 0 Å². The molecule has 0 saturated heterocycles. The van der Waals surface area contributed by atoms with Gasteiger partial charge in [-0.3, -0.25) is 10.5 Å². The average molecular weight is 241 g/mol. The van der Waals surface area contributed by atoms with Crippen LogP contribution < -0.4 is 5.73 Å². The lowest BCUT2D eigenvalue weighted by molar-refractivity contribution is -0.243. The maximum absolute atomic E-state index is 13.6. The van der Waals surface area contributed by atoms with Crippen LogP contribution in [-0.4, -0.2) is 23.3 Å². The van der Waals surface area contributed by atoms with Crippen LogP contribution in [-0.2, 0) is 9.53 Å². The Hall–Kier alpha value is -0.780. The van der Waals surface area contributed by atoms with E-state index in [1.807, 2.05) is 0 Å². The molecule has 0 aromatic carbocycles. The Balaban J connectivity index is 5.22. The first-order valence-corrected chi connectivity index (χ1v) is 4.91. The van der Waals surface area contributed by atoms with E-state index < -0.39 is 29.2 Å². The van der Waals surface area contributed by atoms with Crippen molar-refractivity contribution in [3.05, 3.63) is 0 Å². The molecule has 0 aliphatic carbocycles. The Kier molecular flexibility index (Phi) is 4.03. The minimum atomic E-state index is -3.59. The zero-order valence-electron chi connectivity index (χ0n) is 10.1. The maximum Gasteiger partial charge on any atom is 0.309 e. The standard InChI is InChI=1S/C10H18F3NO2/c1-6(2)7(15)16-8(3,9(4,11)12)10(5,13)14/h6H,14H2,1-5H3. The van der Waals surface area contributed by atoms with Crippen LogP contribution in [0.5, 0.6) is 0 Å². The SMILES string of the molecule is CC(C)C(=O)OC(C)(C(C)(N)F)C(C)(F)F. The first kappa shape index (κ1) is 15.2. The number of hydrogen-bond donors (Lipinski definition) is 1. The lowest BCUT2D eigenvalue weighted by Crippen LogP contribution is -2.64. The number of rotatable bonds is 4. The molecule has 2 N–H and O–H groups in total. The summed E-state index contributed by atoms with van der Waals surface area (Å²) < 4.78 is 44.7. The Morgan fingerprint density at radius 2 is 1.56 bits per heavy atom. The zero-order chi connectivity index (χ0) is 13.4. The first-order valence-electron chi connectivity index (χ1n) is 4.91. The van der Waals surface area contributed by atoms with Crippen LogP contribution in [0.3, 0.4) is 0 Å². The molecule has 6 heteroatoms. The van der Waals surface area contributed by atoms with Gasteiger partial charge in [0.05, 0.1) is 5.92 Å². The minimum absolute atomic E-state index is 0.464. The summed E-state index contributed by atoms with van der Waals surface area (Å²) in [6, 6.07) is 0. The van der Waals surface area contributed by atoms with Crippen LogP contribution in [0.2, 0.25) is 0 Å². The van der Waals surface area contributed by atoms with E-state index in [1.54, 1.807) is 0 Å². The Morgan fingerprint density at radius 1 is 1.19 bits per heavy atom. The predicted molar refractivity (Wildman–Crippen MR) is 53.7 cm³/mol. The van der Waals surface area contributed by atoms with Crippen LogP contribution in [0.1, 0.15) is 34.6 Å². The van der Waals surface area contributed by atoms with Gasteiger partial charge in [-0.05, 0) is 13.8 Å². The Bertz CT molecular complexity index is 252. The van der Waals surface area contributed by atoms with Gasteiger partial charge in [0.15, 0.2) is 0 Å². The second kappa shape index (κ2) is 4.24. The van der Waals surface area contributed by atoms with Crippen molar-refractivity contribution in [2.75, 3.05) is 0 Å². The van der Waals surface area contributed by atoms with E-state index in [4.69, 9.17) is 5.73 Å². The summed E-state index contributed by atoms with van der Waals surface area (Å²) >= 11 is 0. The van der Waals surface area contributed by atoms with E-state index in [2.05, 4.69) is 4.74 Å². The highest BCUT2D eigenvalue weighted by Gasteiger charge is 2.61. The Morgan fingerprint density at radius 3 is 1.75 bits per heavy atom. The normalized spacial score (nSPS) is 20.1. The van der Waals surface area contributed by atoms with Crippen LogP contribution in [0, 0.1) is 5.92 Å². The fourth-order valence-corrected chi connectivity index (χ4v) is 0.938. The maximum atomic E-state index is 13.6. The van der Waals surface area contributed by atoms with Crippen molar-refractivity contribution in [3.63, 3.8) is 0 Å². The van der Waals surface area contributed by atoms with Gasteiger partial charge >= 0.3 is 5.97 Å². The topological polar surface area (TPSA) is 52.3 Å². The molecule has 0 aliphatic rings. The molecule has 0 fully saturated rings. The largest absolute Gasteiger partial charge is 0.448 e. The van der Waals surface area contributed by atoms with Crippen LogP contribution in [0.4, 0.5) is 13.2 Å². The number of ether oxygens (including phenoxy) is 1. The molecule has 0 spiro atoms. The molecule has 2 unspecified atom stereocenters. The molecular formula is C10H18F3NO2. The number of carbonyl (C=O) groups is 1. The highest BCUT2D eigenvalue weighted by Crippen LogP contribution is 2.40. The van der Waals surface area contributed by atoms with E-state index in [0.29, 0.717) is 6.92 Å². The molecule has 0 aromatic rings. The van der Waals surface area contributed by atoms with E-state index >= 15 is 0 Å². The molecule has 0 bridgehead atoms. The van der Waals surface area contributed by atoms with Crippen molar-refractivity contribution < 1.29 is 22.7 Å². The summed E-state index contributed by atoms with van der Waals surface area (Å²) in [6.45, 7) is 4.92. The van der Waals surface area contributed by atoms with Gasteiger partial charge in [-0.1, -0.05) is 13.8 Å². The van der Waals surface area contributed by atoms with Crippen LogP contribution in [0.25, 0.3) is 0 Å². The third-order valence-corrected chi connectivity index (χ3v) is 2.55. The highest BCUT2D eigenvalue weighted by molar-refractivity contribution is 5.72. The number of alkyl halides is 3. The van der Waals surface area contributed by atoms with Gasteiger partial charge in [-0.25, -0.2) is 13.2 Å². The third kappa shape index (κ3) is 2.87. The number of nitrogens with two attached hydrogens (primary N) is 1. The molecule has 96 valence electrons. The molecule has 2 atom stereocenters. The monoisotopic (exact) mass is 241 g/mol. The number of hydrogen-bond acceptors (Lipinski definition) is 3. The van der Waals surface area contributed by atoms with Gasteiger partial charge in [-0.2, -0.15) is 0 Å². The first-order chi connectivity index (χ1) is 6.83. The second-order valence-corrected chi connectivity index (χ2v) is 4.57. The van der Waals surface area contributed by atoms with Crippen molar-refractivity contribution in [2.45, 2.75) is 51.9 Å². The van der Waals surface area contributed by atoms with Crippen molar-refractivity contribution in [2.24, 2.45) is 11.7 Å². The van der Waals surface area contributed by atoms with Crippen molar-refractivity contribution in [3.8, 4) is 0 Å². The molecular weight excluding hydrogens is 223 g/mol. The predicted octanol–water partition coefficient (Wildman–Crippen LogP) is 2.24. The molecule has 3 nitrogen and oxygen atoms in total. The van der Waals surface area contributed by atoms with Crippen LogP contribution in [0.15, 0.2) is 0 Å². The fourth-order valence-electron chi connectivity index (χ4n) is 0.938. The third-order valence-electron chi connectivity index (χ3n) is 2.55. The lowest BCUT2D eigenvalue weighted by atomic mass is 9.89. The fraction of sp³-hybridized carbons (Fsp3) is 0.900. The second-order valence-electron chi connectivity index (χ2n) is 4.57. The van der Waals surface area contributed by atoms with Crippen molar-refractivity contribution >= 4 is 5.97 Å². The van der Waals surface area contributed by atoms with Gasteiger partial charge in [-0.15, -0.1) is 0 Å². The van der Waals surface area contributed by atoms with Crippen LogP contribution >= 0.6 is 0 Å². The summed E-state index contributed by atoms with van der Waals surface area (Å²) in [5, 5.41) is 0. The van der Waals surface area contributed by atoms with E-state index in [9.17, 15) is 18.0 Å². The van der Waals surface area contributed by atoms with Gasteiger partial charge in [0.25, 0.3) is 5.92 Å². The summed E-state index contributed by atoms with van der Waals surface area (Å²) in [5.74, 6) is -7.98. The molecule has 0 aromatic heterocycles. The van der Waals surface area contributed by atoms with E-state index in [1.165, 1.54) is 13.8 Å². The van der Waals surface area contributed by atoms with Gasteiger partial charge in [0.2, 0.25) is 11.4 Å².